The summed E-state index contributed by atoms with van der Waals surface area (Å²) in [6.45, 7) is 7.07. The predicted octanol–water partition coefficient (Wildman–Crippen LogP) is 4.20. The second-order valence-corrected chi connectivity index (χ2v) is 5.54. The molecule has 3 heteroatoms. The maximum absolute atomic E-state index is 13.2. The van der Waals surface area contributed by atoms with Gasteiger partial charge in [0.05, 0.1) is 6.04 Å². The Labute approximate surface area is 112 Å². The van der Waals surface area contributed by atoms with Gasteiger partial charge in [-0.05, 0) is 60.7 Å². The van der Waals surface area contributed by atoms with Crippen LogP contribution < -0.4 is 5.32 Å². The predicted molar refractivity (Wildman–Crippen MR) is 75.7 cm³/mol. The number of hydrogen-bond acceptors (Lipinski definition) is 2. The van der Waals surface area contributed by atoms with Crippen LogP contribution in [0.15, 0.2) is 29.6 Å². The normalized spacial score (nSPS) is 12.7. The number of halogens is 1. The highest BCUT2D eigenvalue weighted by molar-refractivity contribution is 7.10. The molecule has 0 saturated heterocycles. The number of rotatable bonds is 4. The quantitative estimate of drug-likeness (QED) is 0.871. The zero-order chi connectivity index (χ0) is 13.1. The topological polar surface area (TPSA) is 12.0 Å². The summed E-state index contributed by atoms with van der Waals surface area (Å²) in [4.78, 5) is 1.31. The molecular formula is C15H18FNS. The maximum Gasteiger partial charge on any atom is 0.123 e. The lowest BCUT2D eigenvalue weighted by Gasteiger charge is -2.20. The molecule has 0 aliphatic rings. The molecule has 96 valence electrons. The molecule has 0 aliphatic heterocycles. The minimum Gasteiger partial charge on any atom is -0.306 e. The van der Waals surface area contributed by atoms with E-state index in [0.717, 1.165) is 17.7 Å². The highest BCUT2D eigenvalue weighted by Crippen LogP contribution is 2.30. The van der Waals surface area contributed by atoms with Gasteiger partial charge in [0.15, 0.2) is 0 Å². The van der Waals surface area contributed by atoms with Crippen molar-refractivity contribution in [3.8, 4) is 0 Å². The van der Waals surface area contributed by atoms with Gasteiger partial charge in [-0.1, -0.05) is 13.0 Å². The van der Waals surface area contributed by atoms with E-state index in [-0.39, 0.29) is 11.9 Å². The molecule has 0 radical (unpaired) electrons. The van der Waals surface area contributed by atoms with E-state index >= 15 is 0 Å². The fraction of sp³-hybridized carbons (Fsp3) is 0.333. The third kappa shape index (κ3) is 2.62. The van der Waals surface area contributed by atoms with Gasteiger partial charge in [-0.2, -0.15) is 0 Å². The minimum atomic E-state index is -0.173. The van der Waals surface area contributed by atoms with Crippen molar-refractivity contribution in [1.82, 2.24) is 5.32 Å². The number of aryl methyl sites for hydroxylation is 2. The lowest BCUT2D eigenvalue weighted by atomic mass is 9.95. The van der Waals surface area contributed by atoms with Gasteiger partial charge in [0.2, 0.25) is 0 Å². The van der Waals surface area contributed by atoms with E-state index in [4.69, 9.17) is 0 Å². The van der Waals surface area contributed by atoms with Gasteiger partial charge in [0.1, 0.15) is 5.82 Å². The van der Waals surface area contributed by atoms with E-state index in [1.807, 2.05) is 13.0 Å². The number of nitrogens with one attached hydrogen (secondary N) is 1. The molecule has 0 aliphatic carbocycles. The summed E-state index contributed by atoms with van der Waals surface area (Å²) >= 11 is 1.75. The van der Waals surface area contributed by atoms with Gasteiger partial charge >= 0.3 is 0 Å². The van der Waals surface area contributed by atoms with Crippen molar-refractivity contribution in [3.05, 3.63) is 57.0 Å². The zero-order valence-corrected chi connectivity index (χ0v) is 11.8. The summed E-state index contributed by atoms with van der Waals surface area (Å²) < 4.78 is 13.2. The highest BCUT2D eigenvalue weighted by atomic mass is 32.1. The van der Waals surface area contributed by atoms with Crippen molar-refractivity contribution >= 4 is 11.3 Å². The van der Waals surface area contributed by atoms with E-state index in [1.54, 1.807) is 17.4 Å². The maximum atomic E-state index is 13.2. The molecular weight excluding hydrogens is 245 g/mol. The van der Waals surface area contributed by atoms with Crippen molar-refractivity contribution in [2.24, 2.45) is 0 Å². The summed E-state index contributed by atoms with van der Waals surface area (Å²) in [6, 6.07) is 7.32. The molecule has 1 N–H and O–H groups in total. The monoisotopic (exact) mass is 263 g/mol. The van der Waals surface area contributed by atoms with Crippen LogP contribution in [0.1, 0.15) is 34.5 Å². The second-order valence-electron chi connectivity index (χ2n) is 4.42. The molecule has 2 rings (SSSR count). The third-order valence-corrected chi connectivity index (χ3v) is 4.02. The number of thiophene rings is 1. The van der Waals surface area contributed by atoms with Crippen LogP contribution >= 0.6 is 11.3 Å². The first kappa shape index (κ1) is 13.2. The molecule has 0 bridgehead atoms. The van der Waals surface area contributed by atoms with Crippen LogP contribution in [0, 0.1) is 19.7 Å². The van der Waals surface area contributed by atoms with Gasteiger partial charge in [-0.15, -0.1) is 11.3 Å². The summed E-state index contributed by atoms with van der Waals surface area (Å²) in [5, 5.41) is 5.59. The fourth-order valence-corrected chi connectivity index (χ4v) is 2.99. The van der Waals surface area contributed by atoms with Gasteiger partial charge in [-0.25, -0.2) is 4.39 Å². The van der Waals surface area contributed by atoms with Crippen LogP contribution in [0.5, 0.6) is 0 Å². The fourth-order valence-electron chi connectivity index (χ4n) is 2.25. The Morgan fingerprint density at radius 1 is 1.22 bits per heavy atom. The molecule has 1 aromatic carbocycles. The van der Waals surface area contributed by atoms with Crippen molar-refractivity contribution in [2.45, 2.75) is 26.8 Å². The smallest absolute Gasteiger partial charge is 0.123 e. The third-order valence-electron chi connectivity index (χ3n) is 3.16. The summed E-state index contributed by atoms with van der Waals surface area (Å²) in [7, 11) is 0. The van der Waals surface area contributed by atoms with Crippen LogP contribution in [0.25, 0.3) is 0 Å². The van der Waals surface area contributed by atoms with Crippen LogP contribution in [0.2, 0.25) is 0 Å². The van der Waals surface area contributed by atoms with Gasteiger partial charge in [0.25, 0.3) is 0 Å². The second kappa shape index (κ2) is 5.63. The standard InChI is InChI=1S/C15H18FNS/c1-4-17-15(14-7-8-18-11(14)3)13-6-5-12(16)9-10(13)2/h5-9,15,17H,4H2,1-3H3. The van der Waals surface area contributed by atoms with Crippen LogP contribution in [-0.2, 0) is 0 Å². The average molecular weight is 263 g/mol. The molecule has 0 saturated carbocycles. The van der Waals surface area contributed by atoms with E-state index in [9.17, 15) is 4.39 Å². The summed E-state index contributed by atoms with van der Waals surface area (Å²) in [5.41, 5.74) is 3.43. The van der Waals surface area contributed by atoms with Crippen LogP contribution in [0.4, 0.5) is 4.39 Å². The van der Waals surface area contributed by atoms with E-state index < -0.39 is 0 Å². The Kier molecular flexibility index (Phi) is 4.15. The van der Waals surface area contributed by atoms with Crippen molar-refractivity contribution in [1.29, 1.82) is 0 Å². The zero-order valence-electron chi connectivity index (χ0n) is 11.0. The molecule has 2 aromatic rings. The molecule has 1 heterocycles. The van der Waals surface area contributed by atoms with E-state index in [1.165, 1.54) is 16.5 Å². The van der Waals surface area contributed by atoms with E-state index in [0.29, 0.717) is 0 Å². The van der Waals surface area contributed by atoms with Crippen LogP contribution in [0.3, 0.4) is 0 Å². The SMILES string of the molecule is CCNC(c1ccc(F)cc1C)c1ccsc1C. The molecule has 18 heavy (non-hydrogen) atoms. The van der Waals surface area contributed by atoms with E-state index in [2.05, 4.69) is 30.6 Å². The first-order chi connectivity index (χ1) is 8.63. The Morgan fingerprint density at radius 3 is 2.56 bits per heavy atom. The molecule has 1 aromatic heterocycles. The lowest BCUT2D eigenvalue weighted by Crippen LogP contribution is -2.23. The number of hydrogen-bond donors (Lipinski definition) is 1. The molecule has 1 nitrogen and oxygen atoms in total. The van der Waals surface area contributed by atoms with Gasteiger partial charge < -0.3 is 5.32 Å². The first-order valence-corrected chi connectivity index (χ1v) is 7.05. The van der Waals surface area contributed by atoms with Gasteiger partial charge in [0, 0.05) is 4.88 Å². The molecule has 1 atom stereocenters. The highest BCUT2D eigenvalue weighted by Gasteiger charge is 2.17. The summed E-state index contributed by atoms with van der Waals surface area (Å²) in [6.07, 6.45) is 0. The molecule has 0 fully saturated rings. The minimum absolute atomic E-state index is 0.154. The molecule has 0 spiro atoms. The molecule has 1 unspecified atom stereocenters. The Morgan fingerprint density at radius 2 is 2.00 bits per heavy atom. The Hall–Kier alpha value is -1.19. The van der Waals surface area contributed by atoms with Crippen molar-refractivity contribution < 1.29 is 4.39 Å². The van der Waals surface area contributed by atoms with Crippen molar-refractivity contribution in [3.63, 3.8) is 0 Å². The average Bonchev–Trinajstić information content (AvgIpc) is 2.73. The lowest BCUT2D eigenvalue weighted by molar-refractivity contribution is 0.609. The van der Waals surface area contributed by atoms with Crippen LogP contribution in [-0.4, -0.2) is 6.54 Å². The van der Waals surface area contributed by atoms with Crippen molar-refractivity contribution in [2.75, 3.05) is 6.54 Å². The first-order valence-electron chi connectivity index (χ1n) is 6.17. The largest absolute Gasteiger partial charge is 0.306 e. The Balaban J connectivity index is 2.45. The van der Waals surface area contributed by atoms with Gasteiger partial charge in [-0.3, -0.25) is 0 Å². The Bertz CT molecular complexity index is 533. The molecule has 0 amide bonds. The number of benzene rings is 1. The summed E-state index contributed by atoms with van der Waals surface area (Å²) in [5.74, 6) is -0.173.